The van der Waals surface area contributed by atoms with Gasteiger partial charge in [0, 0.05) is 38.8 Å². The summed E-state index contributed by atoms with van der Waals surface area (Å²) in [4.78, 5) is 32.7. The molecule has 1 aliphatic heterocycles. The fourth-order valence-corrected chi connectivity index (χ4v) is 3.47. The first-order valence-electron chi connectivity index (χ1n) is 9.27. The first kappa shape index (κ1) is 19.1. The summed E-state index contributed by atoms with van der Waals surface area (Å²) in [6.07, 6.45) is 5.29. The molecule has 2 heterocycles. The number of imidazole rings is 1. The zero-order valence-electron chi connectivity index (χ0n) is 16.2. The molecule has 1 saturated heterocycles. The van der Waals surface area contributed by atoms with Gasteiger partial charge in [-0.25, -0.2) is 4.98 Å². The fraction of sp³-hybridized carbons (Fsp3) is 0.450. The quantitative estimate of drug-likeness (QED) is 0.870. The van der Waals surface area contributed by atoms with E-state index in [4.69, 9.17) is 0 Å². The van der Waals surface area contributed by atoms with Crippen LogP contribution in [0.4, 0.5) is 0 Å². The molecule has 27 heavy (non-hydrogen) atoms. The van der Waals surface area contributed by atoms with Crippen LogP contribution in [0.1, 0.15) is 35.8 Å². The molecule has 7 heteroatoms. The molecule has 3 rings (SSSR count). The molecule has 0 radical (unpaired) electrons. The highest BCUT2D eigenvalue weighted by Crippen LogP contribution is 2.20. The van der Waals surface area contributed by atoms with Crippen LogP contribution in [0.25, 0.3) is 5.69 Å². The van der Waals surface area contributed by atoms with Crippen LogP contribution in [0.2, 0.25) is 0 Å². The van der Waals surface area contributed by atoms with E-state index in [1.54, 1.807) is 6.33 Å². The van der Waals surface area contributed by atoms with Crippen LogP contribution in [0, 0.1) is 0 Å². The summed E-state index contributed by atoms with van der Waals surface area (Å²) in [6, 6.07) is 7.78. The molecule has 0 spiro atoms. The molecule has 1 aliphatic rings. The van der Waals surface area contributed by atoms with Crippen molar-refractivity contribution in [3.8, 4) is 5.69 Å². The van der Waals surface area contributed by atoms with Crippen molar-refractivity contribution in [1.29, 1.82) is 0 Å². The van der Waals surface area contributed by atoms with E-state index in [9.17, 15) is 9.59 Å². The average molecular weight is 369 g/mol. The maximum absolute atomic E-state index is 13.1. The van der Waals surface area contributed by atoms with Crippen LogP contribution in [0.5, 0.6) is 0 Å². The van der Waals surface area contributed by atoms with Gasteiger partial charge in [-0.1, -0.05) is 12.1 Å². The highest BCUT2D eigenvalue weighted by Gasteiger charge is 2.25. The standard InChI is InChI=1S/C20H27N5O2/c1-15(26)22-16-8-10-24(11-9-16)20(27)18-6-4-5-7-19(18)25-13-17(21-14-25)12-23(2)3/h4-7,13-14,16H,8-12H2,1-3H3,(H,22,26). The third-order valence-electron chi connectivity index (χ3n) is 4.72. The smallest absolute Gasteiger partial charge is 0.255 e. The van der Waals surface area contributed by atoms with Crippen molar-refractivity contribution in [3.05, 3.63) is 48.0 Å². The molecular formula is C20H27N5O2. The second kappa shape index (κ2) is 8.35. The van der Waals surface area contributed by atoms with Gasteiger partial charge in [0.1, 0.15) is 0 Å². The molecule has 1 aromatic carbocycles. The lowest BCUT2D eigenvalue weighted by Gasteiger charge is -2.32. The average Bonchev–Trinajstić information content (AvgIpc) is 3.09. The number of carbonyl (C=O) groups is 2. The van der Waals surface area contributed by atoms with E-state index in [0.717, 1.165) is 30.8 Å². The number of para-hydroxylation sites is 1. The number of aromatic nitrogens is 2. The molecular weight excluding hydrogens is 342 g/mol. The number of benzene rings is 1. The van der Waals surface area contributed by atoms with E-state index in [-0.39, 0.29) is 17.9 Å². The van der Waals surface area contributed by atoms with E-state index >= 15 is 0 Å². The molecule has 2 aromatic rings. The molecule has 0 aliphatic carbocycles. The molecule has 1 aromatic heterocycles. The molecule has 0 bridgehead atoms. The van der Waals surface area contributed by atoms with Crippen molar-refractivity contribution >= 4 is 11.8 Å². The first-order chi connectivity index (χ1) is 12.9. The Morgan fingerprint density at radius 1 is 1.22 bits per heavy atom. The first-order valence-corrected chi connectivity index (χ1v) is 9.27. The van der Waals surface area contributed by atoms with Gasteiger partial charge in [-0.3, -0.25) is 9.59 Å². The Labute approximate surface area is 160 Å². The van der Waals surface area contributed by atoms with Gasteiger partial charge in [-0.15, -0.1) is 0 Å². The van der Waals surface area contributed by atoms with Crippen LogP contribution < -0.4 is 5.32 Å². The third-order valence-corrected chi connectivity index (χ3v) is 4.72. The van der Waals surface area contributed by atoms with Crippen LogP contribution in [-0.4, -0.2) is 64.4 Å². The largest absolute Gasteiger partial charge is 0.353 e. The zero-order chi connectivity index (χ0) is 19.4. The summed E-state index contributed by atoms with van der Waals surface area (Å²) in [5.74, 6) is 0.00786. The van der Waals surface area contributed by atoms with Crippen molar-refractivity contribution in [2.75, 3.05) is 27.2 Å². The van der Waals surface area contributed by atoms with Gasteiger partial charge in [0.15, 0.2) is 0 Å². The van der Waals surface area contributed by atoms with Crippen molar-refractivity contribution in [3.63, 3.8) is 0 Å². The SMILES string of the molecule is CC(=O)NC1CCN(C(=O)c2ccccc2-n2cnc(CN(C)C)c2)CC1. The molecule has 7 nitrogen and oxygen atoms in total. The van der Waals surface area contributed by atoms with E-state index in [1.165, 1.54) is 6.92 Å². The van der Waals surface area contributed by atoms with E-state index in [1.807, 2.05) is 54.0 Å². The number of likely N-dealkylation sites (tertiary alicyclic amines) is 1. The summed E-state index contributed by atoms with van der Waals surface area (Å²) in [5, 5.41) is 2.94. The molecule has 144 valence electrons. The predicted molar refractivity (Wildman–Crippen MR) is 104 cm³/mol. The van der Waals surface area contributed by atoms with Gasteiger partial charge < -0.3 is 19.7 Å². The summed E-state index contributed by atoms with van der Waals surface area (Å²) < 4.78 is 1.91. The monoisotopic (exact) mass is 369 g/mol. The number of hydrogen-bond donors (Lipinski definition) is 1. The summed E-state index contributed by atoms with van der Waals surface area (Å²) in [5.41, 5.74) is 2.46. The van der Waals surface area contributed by atoms with Crippen LogP contribution >= 0.6 is 0 Å². The van der Waals surface area contributed by atoms with E-state index in [2.05, 4.69) is 15.2 Å². The van der Waals surface area contributed by atoms with E-state index < -0.39 is 0 Å². The Kier molecular flexibility index (Phi) is 5.91. The number of carbonyl (C=O) groups excluding carboxylic acids is 2. The highest BCUT2D eigenvalue weighted by atomic mass is 16.2. The molecule has 1 fully saturated rings. The summed E-state index contributed by atoms with van der Waals surface area (Å²) in [6.45, 7) is 3.57. The maximum atomic E-state index is 13.1. The lowest BCUT2D eigenvalue weighted by molar-refractivity contribution is -0.119. The summed E-state index contributed by atoms with van der Waals surface area (Å²) in [7, 11) is 4.00. The minimum atomic E-state index is -0.0150. The number of hydrogen-bond acceptors (Lipinski definition) is 4. The maximum Gasteiger partial charge on any atom is 0.255 e. The Bertz CT molecular complexity index is 806. The summed E-state index contributed by atoms with van der Waals surface area (Å²) >= 11 is 0. The van der Waals surface area contributed by atoms with Gasteiger partial charge in [-0.2, -0.15) is 0 Å². The second-order valence-corrected chi connectivity index (χ2v) is 7.29. The number of rotatable bonds is 5. The Balaban J connectivity index is 1.75. The zero-order valence-corrected chi connectivity index (χ0v) is 16.2. The molecule has 0 unspecified atom stereocenters. The second-order valence-electron chi connectivity index (χ2n) is 7.29. The highest BCUT2D eigenvalue weighted by molar-refractivity contribution is 5.97. The Morgan fingerprint density at radius 3 is 2.59 bits per heavy atom. The minimum absolute atomic E-state index is 0.0150. The number of amides is 2. The lowest BCUT2D eigenvalue weighted by atomic mass is 10.0. The van der Waals surface area contributed by atoms with Crippen LogP contribution in [-0.2, 0) is 11.3 Å². The van der Waals surface area contributed by atoms with Gasteiger partial charge in [0.25, 0.3) is 5.91 Å². The minimum Gasteiger partial charge on any atom is -0.353 e. The van der Waals surface area contributed by atoms with Crippen molar-refractivity contribution in [2.24, 2.45) is 0 Å². The van der Waals surface area contributed by atoms with Gasteiger partial charge in [-0.05, 0) is 39.1 Å². The van der Waals surface area contributed by atoms with Crippen molar-refractivity contribution in [2.45, 2.75) is 32.4 Å². The van der Waals surface area contributed by atoms with Crippen molar-refractivity contribution in [1.82, 2.24) is 24.7 Å². The van der Waals surface area contributed by atoms with E-state index in [0.29, 0.717) is 18.7 Å². The molecule has 2 amide bonds. The van der Waals surface area contributed by atoms with Crippen LogP contribution in [0.15, 0.2) is 36.8 Å². The Hall–Kier alpha value is -2.67. The number of piperidine rings is 1. The van der Waals surface area contributed by atoms with Gasteiger partial charge in [0.05, 0.1) is 23.3 Å². The lowest BCUT2D eigenvalue weighted by Crippen LogP contribution is -2.46. The normalized spacial score (nSPS) is 15.2. The van der Waals surface area contributed by atoms with Gasteiger partial charge >= 0.3 is 0 Å². The molecule has 1 N–H and O–H groups in total. The van der Waals surface area contributed by atoms with Gasteiger partial charge in [0.2, 0.25) is 5.91 Å². The molecule has 0 atom stereocenters. The molecule has 0 saturated carbocycles. The number of nitrogens with one attached hydrogen (secondary N) is 1. The van der Waals surface area contributed by atoms with Crippen molar-refractivity contribution < 1.29 is 9.59 Å². The Morgan fingerprint density at radius 2 is 1.93 bits per heavy atom. The topological polar surface area (TPSA) is 70.5 Å². The third kappa shape index (κ3) is 4.74. The van der Waals surface area contributed by atoms with Crippen LogP contribution in [0.3, 0.4) is 0 Å². The number of nitrogens with zero attached hydrogens (tertiary/aromatic N) is 4. The predicted octanol–water partition coefficient (Wildman–Crippen LogP) is 1.67. The fourth-order valence-electron chi connectivity index (χ4n) is 3.47.